The van der Waals surface area contributed by atoms with Gasteiger partial charge in [-0.3, -0.25) is 0 Å². The number of anilines is 2. The Morgan fingerprint density at radius 1 is 1.12 bits per heavy atom. The smallest absolute Gasteiger partial charge is 0.417 e. The minimum Gasteiger partial charge on any atom is -0.497 e. The number of fused-ring (bicyclic) bond motifs is 1. The predicted octanol–water partition coefficient (Wildman–Crippen LogP) is 5.01. The Morgan fingerprint density at radius 2 is 1.88 bits per heavy atom. The van der Waals surface area contributed by atoms with Gasteiger partial charge in [0.05, 0.1) is 18.2 Å². The molecule has 0 saturated carbocycles. The highest BCUT2D eigenvalue weighted by Crippen LogP contribution is 2.38. The molecular weight excluding hydrogens is 341 g/mol. The molecule has 3 aromatic rings. The van der Waals surface area contributed by atoms with Crippen LogP contribution in [0.3, 0.4) is 0 Å². The number of hydrogen-bond donors (Lipinski definition) is 0. The largest absolute Gasteiger partial charge is 0.497 e. The Labute approximate surface area is 149 Å². The second kappa shape index (κ2) is 6.60. The van der Waals surface area contributed by atoms with Crippen molar-refractivity contribution in [3.8, 4) is 18.1 Å². The summed E-state index contributed by atoms with van der Waals surface area (Å²) in [5.41, 5.74) is 0.747. The summed E-state index contributed by atoms with van der Waals surface area (Å²) in [6.07, 6.45) is 0.872. The zero-order valence-electron chi connectivity index (χ0n) is 14.1. The molecule has 6 heteroatoms. The van der Waals surface area contributed by atoms with Crippen molar-refractivity contribution in [2.24, 2.45) is 0 Å². The molecule has 0 aliphatic rings. The normalized spacial score (nSPS) is 11.2. The number of halogens is 3. The number of alkyl halides is 3. The van der Waals surface area contributed by atoms with Crippen LogP contribution in [0, 0.1) is 12.3 Å². The Balaban J connectivity index is 2.19. The molecule has 0 saturated heterocycles. The summed E-state index contributed by atoms with van der Waals surface area (Å²) in [4.78, 5) is 5.94. The summed E-state index contributed by atoms with van der Waals surface area (Å²) in [7, 11) is 3.05. The molecule has 0 spiro atoms. The summed E-state index contributed by atoms with van der Waals surface area (Å²) in [5.74, 6) is 3.02. The molecule has 2 aromatic carbocycles. The van der Waals surface area contributed by atoms with Gasteiger partial charge in [0.25, 0.3) is 0 Å². The van der Waals surface area contributed by atoms with Gasteiger partial charge in [-0.05, 0) is 42.5 Å². The molecule has 3 nitrogen and oxygen atoms in total. The van der Waals surface area contributed by atoms with E-state index in [9.17, 15) is 13.2 Å². The van der Waals surface area contributed by atoms with E-state index in [2.05, 4.69) is 10.9 Å². The van der Waals surface area contributed by atoms with Gasteiger partial charge in [-0.2, -0.15) is 13.2 Å². The number of terminal acetylenes is 1. The second-order valence-electron chi connectivity index (χ2n) is 5.66. The highest BCUT2D eigenvalue weighted by atomic mass is 19.4. The minimum absolute atomic E-state index is 0.00799. The molecule has 1 aromatic heterocycles. The topological polar surface area (TPSA) is 25.4 Å². The Morgan fingerprint density at radius 3 is 2.54 bits per heavy atom. The number of benzene rings is 2. The number of rotatable bonds is 3. The lowest BCUT2D eigenvalue weighted by Gasteiger charge is -2.21. The van der Waals surface area contributed by atoms with E-state index in [4.69, 9.17) is 11.2 Å². The van der Waals surface area contributed by atoms with Gasteiger partial charge in [0.1, 0.15) is 11.6 Å². The van der Waals surface area contributed by atoms with E-state index in [0.717, 1.165) is 6.07 Å². The molecule has 0 amide bonds. The molecule has 26 heavy (non-hydrogen) atoms. The lowest BCUT2D eigenvalue weighted by Crippen LogP contribution is -2.14. The van der Waals surface area contributed by atoms with Crippen LogP contribution in [-0.4, -0.2) is 19.1 Å². The predicted molar refractivity (Wildman–Crippen MR) is 95.7 cm³/mol. The Kier molecular flexibility index (Phi) is 4.47. The molecule has 0 fully saturated rings. The molecule has 0 radical (unpaired) electrons. The number of nitrogens with zero attached hydrogens (tertiary/aromatic N) is 2. The van der Waals surface area contributed by atoms with Crippen LogP contribution in [0.5, 0.6) is 5.75 Å². The molecular formula is C20H15F3N2O. The van der Waals surface area contributed by atoms with Gasteiger partial charge in [-0.1, -0.05) is 12.0 Å². The molecule has 0 N–H and O–H groups in total. The lowest BCUT2D eigenvalue weighted by molar-refractivity contribution is -0.136. The van der Waals surface area contributed by atoms with Gasteiger partial charge in [0, 0.05) is 23.7 Å². The number of methoxy groups -OCH3 is 1. The average Bonchev–Trinajstić information content (AvgIpc) is 2.65. The molecule has 1 heterocycles. The van der Waals surface area contributed by atoms with Crippen molar-refractivity contribution in [3.05, 3.63) is 59.7 Å². The van der Waals surface area contributed by atoms with Gasteiger partial charge in [-0.15, -0.1) is 6.42 Å². The van der Waals surface area contributed by atoms with Gasteiger partial charge in [-0.25, -0.2) is 4.98 Å². The first-order valence-electron chi connectivity index (χ1n) is 7.70. The van der Waals surface area contributed by atoms with Gasteiger partial charge in [0.15, 0.2) is 0 Å². The number of hydrogen-bond acceptors (Lipinski definition) is 3. The standard InChI is InChI=1S/C20H15F3N2O/c1-4-13-6-5-7-14(10-13)25(2)19-12-17(20(21,22)23)16-11-15(26-3)8-9-18(16)24-19/h1,5-12H,2-3H3. The maximum atomic E-state index is 13.6. The van der Waals surface area contributed by atoms with E-state index in [1.54, 1.807) is 42.3 Å². The fourth-order valence-corrected chi connectivity index (χ4v) is 2.66. The van der Waals surface area contributed by atoms with Crippen LogP contribution < -0.4 is 9.64 Å². The van der Waals surface area contributed by atoms with Gasteiger partial charge < -0.3 is 9.64 Å². The van der Waals surface area contributed by atoms with E-state index in [1.807, 2.05) is 0 Å². The van der Waals surface area contributed by atoms with Gasteiger partial charge >= 0.3 is 6.18 Å². The van der Waals surface area contributed by atoms with Crippen molar-refractivity contribution >= 4 is 22.4 Å². The number of ether oxygens (including phenoxy) is 1. The molecule has 0 atom stereocenters. The zero-order chi connectivity index (χ0) is 18.9. The zero-order valence-corrected chi connectivity index (χ0v) is 14.1. The van der Waals surface area contributed by atoms with Gasteiger partial charge in [0.2, 0.25) is 0 Å². The monoisotopic (exact) mass is 356 g/mol. The first-order valence-corrected chi connectivity index (χ1v) is 7.70. The van der Waals surface area contributed by atoms with Crippen LogP contribution in [0.1, 0.15) is 11.1 Å². The van der Waals surface area contributed by atoms with Crippen molar-refractivity contribution in [2.45, 2.75) is 6.18 Å². The third-order valence-electron chi connectivity index (χ3n) is 4.05. The van der Waals surface area contributed by atoms with Crippen LogP contribution in [-0.2, 0) is 6.18 Å². The first-order chi connectivity index (χ1) is 12.3. The van der Waals surface area contributed by atoms with Crippen LogP contribution in [0.4, 0.5) is 24.7 Å². The molecule has 0 aliphatic heterocycles. The van der Waals surface area contributed by atoms with Crippen molar-refractivity contribution in [2.75, 3.05) is 19.1 Å². The van der Waals surface area contributed by atoms with E-state index < -0.39 is 11.7 Å². The van der Waals surface area contributed by atoms with Crippen LogP contribution in [0.2, 0.25) is 0 Å². The maximum Gasteiger partial charge on any atom is 0.417 e. The van der Waals surface area contributed by atoms with Crippen LogP contribution in [0.25, 0.3) is 10.9 Å². The molecule has 3 rings (SSSR count). The third-order valence-corrected chi connectivity index (χ3v) is 4.05. The molecule has 0 bridgehead atoms. The van der Waals surface area contributed by atoms with E-state index in [-0.39, 0.29) is 16.7 Å². The summed E-state index contributed by atoms with van der Waals surface area (Å²) in [5, 5.41) is -0.00799. The van der Waals surface area contributed by atoms with Crippen molar-refractivity contribution in [3.63, 3.8) is 0 Å². The third kappa shape index (κ3) is 3.29. The van der Waals surface area contributed by atoms with Crippen LogP contribution in [0.15, 0.2) is 48.5 Å². The quantitative estimate of drug-likeness (QED) is 0.617. The first kappa shape index (κ1) is 17.6. The maximum absolute atomic E-state index is 13.6. The minimum atomic E-state index is -4.52. The number of pyridine rings is 1. The van der Waals surface area contributed by atoms with Crippen LogP contribution >= 0.6 is 0 Å². The SMILES string of the molecule is C#Cc1cccc(N(C)c2cc(C(F)(F)F)c3cc(OC)ccc3n2)c1. The van der Waals surface area contributed by atoms with E-state index in [1.165, 1.54) is 19.2 Å². The fraction of sp³-hybridized carbons (Fsp3) is 0.150. The summed E-state index contributed by atoms with van der Waals surface area (Å²) >= 11 is 0. The summed E-state index contributed by atoms with van der Waals surface area (Å²) in [6.45, 7) is 0. The highest BCUT2D eigenvalue weighted by Gasteiger charge is 2.34. The van der Waals surface area contributed by atoms with Crippen molar-refractivity contribution < 1.29 is 17.9 Å². The van der Waals surface area contributed by atoms with Crippen molar-refractivity contribution in [1.29, 1.82) is 0 Å². The molecule has 0 aliphatic carbocycles. The molecule has 132 valence electrons. The summed E-state index contributed by atoms with van der Waals surface area (Å²) < 4.78 is 45.9. The average molecular weight is 356 g/mol. The summed E-state index contributed by atoms with van der Waals surface area (Å²) in [6, 6.07) is 12.4. The highest BCUT2D eigenvalue weighted by molar-refractivity contribution is 5.86. The van der Waals surface area contributed by atoms with E-state index >= 15 is 0 Å². The number of aromatic nitrogens is 1. The fourth-order valence-electron chi connectivity index (χ4n) is 2.66. The molecule has 0 unspecified atom stereocenters. The Hall–Kier alpha value is -3.20. The van der Waals surface area contributed by atoms with Crippen molar-refractivity contribution in [1.82, 2.24) is 4.98 Å². The second-order valence-corrected chi connectivity index (χ2v) is 5.66. The van der Waals surface area contributed by atoms with E-state index in [0.29, 0.717) is 17.0 Å². The Bertz CT molecular complexity index is 1010. The lowest BCUT2D eigenvalue weighted by atomic mass is 10.1.